The Morgan fingerprint density at radius 2 is 2.00 bits per heavy atom. The van der Waals surface area contributed by atoms with Gasteiger partial charge in [0.15, 0.2) is 12.7 Å². The van der Waals surface area contributed by atoms with Crippen molar-refractivity contribution in [3.63, 3.8) is 0 Å². The van der Waals surface area contributed by atoms with Gasteiger partial charge in [-0.1, -0.05) is 0 Å². The van der Waals surface area contributed by atoms with Crippen LogP contribution in [-0.4, -0.2) is 61.4 Å². The Balaban J connectivity index is 1.84. The zero-order valence-corrected chi connectivity index (χ0v) is 11.7. The average molecular weight is 295 g/mol. The van der Waals surface area contributed by atoms with E-state index in [1.807, 2.05) is 0 Å². The molecule has 1 heterocycles. The number of ether oxygens (including phenoxy) is 3. The van der Waals surface area contributed by atoms with Crippen LogP contribution in [0.15, 0.2) is 24.3 Å². The van der Waals surface area contributed by atoms with Gasteiger partial charge >= 0.3 is 5.97 Å². The summed E-state index contributed by atoms with van der Waals surface area (Å²) in [6.45, 7) is 0.485. The Hall–Kier alpha value is -2.28. The Morgan fingerprint density at radius 3 is 2.62 bits per heavy atom. The number of morpholine rings is 1. The van der Waals surface area contributed by atoms with Crippen molar-refractivity contribution in [3.8, 4) is 11.5 Å². The Kier molecular flexibility index (Phi) is 4.99. The number of amides is 1. The quantitative estimate of drug-likeness (QED) is 0.845. The van der Waals surface area contributed by atoms with E-state index in [0.717, 1.165) is 0 Å². The molecule has 1 amide bonds. The second kappa shape index (κ2) is 6.94. The third-order valence-electron chi connectivity index (χ3n) is 3.12. The Labute approximate surface area is 122 Å². The minimum Gasteiger partial charge on any atom is -0.497 e. The zero-order valence-electron chi connectivity index (χ0n) is 11.7. The molecule has 1 saturated heterocycles. The summed E-state index contributed by atoms with van der Waals surface area (Å²) in [6, 6.07) is 6.86. The molecule has 1 unspecified atom stereocenters. The molecule has 1 aliphatic rings. The van der Waals surface area contributed by atoms with Gasteiger partial charge in [0, 0.05) is 6.54 Å². The Bertz CT molecular complexity index is 501. The number of rotatable bonds is 5. The highest BCUT2D eigenvalue weighted by atomic mass is 16.5. The zero-order chi connectivity index (χ0) is 15.2. The lowest BCUT2D eigenvalue weighted by atomic mass is 10.2. The number of carboxylic acid groups (broad SMARTS) is 1. The first-order chi connectivity index (χ1) is 10.1. The molecule has 0 saturated carbocycles. The molecular formula is C14H17NO6. The minimum absolute atomic E-state index is 0.0418. The van der Waals surface area contributed by atoms with Crippen LogP contribution in [-0.2, 0) is 14.3 Å². The molecular weight excluding hydrogens is 278 g/mol. The van der Waals surface area contributed by atoms with Gasteiger partial charge in [0.25, 0.3) is 5.91 Å². The van der Waals surface area contributed by atoms with Crippen molar-refractivity contribution in [3.05, 3.63) is 24.3 Å². The molecule has 114 valence electrons. The number of hydrogen-bond donors (Lipinski definition) is 1. The molecule has 0 aliphatic carbocycles. The summed E-state index contributed by atoms with van der Waals surface area (Å²) in [6.07, 6.45) is -0.969. The first-order valence-electron chi connectivity index (χ1n) is 6.49. The topological polar surface area (TPSA) is 85.3 Å². The molecule has 0 bridgehead atoms. The van der Waals surface area contributed by atoms with Gasteiger partial charge < -0.3 is 24.2 Å². The smallest absolute Gasteiger partial charge is 0.334 e. The van der Waals surface area contributed by atoms with Crippen LogP contribution in [0.2, 0.25) is 0 Å². The van der Waals surface area contributed by atoms with Gasteiger partial charge in [0.1, 0.15) is 11.5 Å². The number of aliphatic carboxylic acids is 1. The van der Waals surface area contributed by atoms with E-state index in [4.69, 9.17) is 19.3 Å². The highest BCUT2D eigenvalue weighted by Gasteiger charge is 2.28. The minimum atomic E-state index is -1.07. The van der Waals surface area contributed by atoms with Crippen LogP contribution in [0.5, 0.6) is 11.5 Å². The maximum Gasteiger partial charge on any atom is 0.334 e. The number of nitrogens with zero attached hydrogens (tertiary/aromatic N) is 1. The van der Waals surface area contributed by atoms with Crippen LogP contribution in [0.1, 0.15) is 0 Å². The highest BCUT2D eigenvalue weighted by Crippen LogP contribution is 2.17. The van der Waals surface area contributed by atoms with Crippen LogP contribution < -0.4 is 9.47 Å². The molecule has 0 aromatic heterocycles. The average Bonchev–Trinajstić information content (AvgIpc) is 2.53. The van der Waals surface area contributed by atoms with Crippen molar-refractivity contribution in [1.82, 2.24) is 4.90 Å². The fourth-order valence-electron chi connectivity index (χ4n) is 1.93. The summed E-state index contributed by atoms with van der Waals surface area (Å²) < 4.78 is 15.5. The SMILES string of the molecule is COc1ccc(OCC(=O)N2CCOC(C(=O)O)C2)cc1. The molecule has 7 heteroatoms. The first-order valence-corrected chi connectivity index (χ1v) is 6.49. The molecule has 21 heavy (non-hydrogen) atoms. The van der Waals surface area contributed by atoms with Crippen LogP contribution in [0.4, 0.5) is 0 Å². The second-order valence-electron chi connectivity index (χ2n) is 4.50. The first kappa shape index (κ1) is 15.1. The highest BCUT2D eigenvalue weighted by molar-refractivity contribution is 5.79. The van der Waals surface area contributed by atoms with E-state index in [-0.39, 0.29) is 25.7 Å². The lowest BCUT2D eigenvalue weighted by Crippen LogP contribution is -2.49. The number of methoxy groups -OCH3 is 1. The molecule has 0 radical (unpaired) electrons. The van der Waals surface area contributed by atoms with Gasteiger partial charge in [0.05, 0.1) is 20.3 Å². The van der Waals surface area contributed by atoms with E-state index < -0.39 is 12.1 Å². The van der Waals surface area contributed by atoms with Gasteiger partial charge in [-0.3, -0.25) is 4.79 Å². The molecule has 1 atom stereocenters. The summed E-state index contributed by atoms with van der Waals surface area (Å²) >= 11 is 0. The number of carboxylic acids is 1. The van der Waals surface area contributed by atoms with Crippen molar-refractivity contribution in [2.24, 2.45) is 0 Å². The maximum atomic E-state index is 12.0. The van der Waals surface area contributed by atoms with Gasteiger partial charge in [0.2, 0.25) is 0 Å². The molecule has 2 rings (SSSR count). The summed E-state index contributed by atoms with van der Waals surface area (Å²) in [7, 11) is 1.57. The predicted octanol–water partition coefficient (Wildman–Crippen LogP) is 0.386. The van der Waals surface area contributed by atoms with E-state index in [1.165, 1.54) is 4.90 Å². The van der Waals surface area contributed by atoms with Crippen molar-refractivity contribution in [2.45, 2.75) is 6.10 Å². The number of benzene rings is 1. The van der Waals surface area contributed by atoms with E-state index in [2.05, 4.69) is 0 Å². The van der Waals surface area contributed by atoms with Crippen LogP contribution in [0.3, 0.4) is 0 Å². The van der Waals surface area contributed by atoms with E-state index in [1.54, 1.807) is 31.4 Å². The number of hydrogen-bond acceptors (Lipinski definition) is 5. The van der Waals surface area contributed by atoms with Crippen LogP contribution >= 0.6 is 0 Å². The van der Waals surface area contributed by atoms with E-state index in [0.29, 0.717) is 18.0 Å². The molecule has 1 aromatic rings. The van der Waals surface area contributed by atoms with Crippen molar-refractivity contribution in [2.75, 3.05) is 33.4 Å². The molecule has 0 spiro atoms. The normalized spacial score (nSPS) is 18.1. The maximum absolute atomic E-state index is 12.0. The van der Waals surface area contributed by atoms with Crippen molar-refractivity contribution < 1.29 is 28.9 Å². The standard InChI is InChI=1S/C14H17NO6/c1-19-10-2-4-11(5-3-10)21-9-13(16)15-6-7-20-12(8-15)14(17)18/h2-5,12H,6-9H2,1H3,(H,17,18). The van der Waals surface area contributed by atoms with Gasteiger partial charge in [-0.15, -0.1) is 0 Å². The summed E-state index contributed by atoms with van der Waals surface area (Å²) in [5.74, 6) is -0.0812. The third kappa shape index (κ3) is 4.09. The third-order valence-corrected chi connectivity index (χ3v) is 3.12. The number of carbonyl (C=O) groups excluding carboxylic acids is 1. The van der Waals surface area contributed by atoms with Crippen molar-refractivity contribution >= 4 is 11.9 Å². The fraction of sp³-hybridized carbons (Fsp3) is 0.429. The molecule has 7 nitrogen and oxygen atoms in total. The summed E-state index contributed by atoms with van der Waals surface area (Å²) in [4.78, 5) is 24.3. The Morgan fingerprint density at radius 1 is 1.33 bits per heavy atom. The van der Waals surface area contributed by atoms with Gasteiger partial charge in [-0.25, -0.2) is 4.79 Å². The largest absolute Gasteiger partial charge is 0.497 e. The number of carbonyl (C=O) groups is 2. The fourth-order valence-corrected chi connectivity index (χ4v) is 1.93. The molecule has 1 aromatic carbocycles. The summed E-state index contributed by atoms with van der Waals surface area (Å²) in [5.41, 5.74) is 0. The van der Waals surface area contributed by atoms with E-state index >= 15 is 0 Å². The van der Waals surface area contributed by atoms with Crippen LogP contribution in [0, 0.1) is 0 Å². The van der Waals surface area contributed by atoms with Crippen LogP contribution in [0.25, 0.3) is 0 Å². The lowest BCUT2D eigenvalue weighted by molar-refractivity contribution is -0.159. The monoisotopic (exact) mass is 295 g/mol. The second-order valence-corrected chi connectivity index (χ2v) is 4.50. The summed E-state index contributed by atoms with van der Waals surface area (Å²) in [5, 5.41) is 8.89. The lowest BCUT2D eigenvalue weighted by Gasteiger charge is -2.30. The van der Waals surface area contributed by atoms with E-state index in [9.17, 15) is 9.59 Å². The molecule has 1 N–H and O–H groups in total. The molecule has 1 fully saturated rings. The predicted molar refractivity (Wildman–Crippen MR) is 72.4 cm³/mol. The van der Waals surface area contributed by atoms with Crippen molar-refractivity contribution in [1.29, 1.82) is 0 Å². The van der Waals surface area contributed by atoms with Gasteiger partial charge in [-0.2, -0.15) is 0 Å². The molecule has 1 aliphatic heterocycles. The van der Waals surface area contributed by atoms with Gasteiger partial charge in [-0.05, 0) is 24.3 Å².